The van der Waals surface area contributed by atoms with Crippen molar-refractivity contribution in [2.75, 3.05) is 0 Å². The van der Waals surface area contributed by atoms with Gasteiger partial charge in [-0.2, -0.15) is 0 Å². The van der Waals surface area contributed by atoms with E-state index >= 15 is 0 Å². The van der Waals surface area contributed by atoms with E-state index in [2.05, 4.69) is 4.89 Å². The Morgan fingerprint density at radius 3 is 1.81 bits per heavy atom. The lowest BCUT2D eigenvalue weighted by molar-refractivity contribution is -0.253. The summed E-state index contributed by atoms with van der Waals surface area (Å²) in [7, 11) is 0. The summed E-state index contributed by atoms with van der Waals surface area (Å²) in [6.07, 6.45) is 0. The van der Waals surface area contributed by atoms with E-state index in [-0.39, 0.29) is 6.61 Å². The van der Waals surface area contributed by atoms with Crippen LogP contribution in [-0.4, -0.2) is 16.3 Å². The van der Waals surface area contributed by atoms with Crippen molar-refractivity contribution in [1.82, 2.24) is 0 Å². The molecule has 16 heavy (non-hydrogen) atoms. The lowest BCUT2D eigenvalue weighted by Crippen LogP contribution is -2.10. The van der Waals surface area contributed by atoms with Crippen molar-refractivity contribution in [3.8, 4) is 0 Å². The van der Waals surface area contributed by atoms with Crippen molar-refractivity contribution in [2.45, 2.75) is 34.3 Å². The zero-order valence-electron chi connectivity index (χ0n) is 9.92. The summed E-state index contributed by atoms with van der Waals surface area (Å²) in [6, 6.07) is 0. The second-order valence-corrected chi connectivity index (χ2v) is 3.93. The van der Waals surface area contributed by atoms with E-state index in [4.69, 9.17) is 10.4 Å². The van der Waals surface area contributed by atoms with Gasteiger partial charge in [-0.05, 0) is 55.5 Å². The monoisotopic (exact) mass is 224 g/mol. The minimum absolute atomic E-state index is 0.0826. The van der Waals surface area contributed by atoms with Gasteiger partial charge in [0, 0.05) is 0 Å². The molecular formula is C12H16O4. The van der Waals surface area contributed by atoms with Crippen molar-refractivity contribution >= 4 is 5.97 Å². The molecule has 0 unspecified atom stereocenters. The number of aromatic carboxylic acids is 1. The Morgan fingerprint density at radius 1 is 1.06 bits per heavy atom. The molecule has 1 aromatic rings. The Labute approximate surface area is 94.4 Å². The Balaban J connectivity index is 3.56. The molecule has 88 valence electrons. The summed E-state index contributed by atoms with van der Waals surface area (Å²) in [5, 5.41) is 17.6. The summed E-state index contributed by atoms with van der Waals surface area (Å²) in [4.78, 5) is 15.3. The topological polar surface area (TPSA) is 66.8 Å². The molecule has 0 heterocycles. The fourth-order valence-electron chi connectivity index (χ4n) is 1.99. The minimum Gasteiger partial charge on any atom is -0.478 e. The third kappa shape index (κ3) is 1.94. The second-order valence-electron chi connectivity index (χ2n) is 3.93. The van der Waals surface area contributed by atoms with Crippen LogP contribution in [0.25, 0.3) is 0 Å². The highest BCUT2D eigenvalue weighted by molar-refractivity contribution is 5.92. The fraction of sp³-hybridized carbons (Fsp3) is 0.417. The average molecular weight is 224 g/mol. The molecule has 4 nitrogen and oxygen atoms in total. The zero-order chi connectivity index (χ0) is 12.5. The SMILES string of the molecule is Cc1c(C)c(C(=O)O)c(C)c(C)c1COO. The van der Waals surface area contributed by atoms with Gasteiger partial charge in [0.2, 0.25) is 0 Å². The molecule has 2 N–H and O–H groups in total. The number of rotatable bonds is 3. The number of carbonyl (C=O) groups is 1. The predicted molar refractivity (Wildman–Crippen MR) is 59.8 cm³/mol. The van der Waals surface area contributed by atoms with Crippen LogP contribution in [0.1, 0.15) is 38.2 Å². The zero-order valence-corrected chi connectivity index (χ0v) is 9.92. The third-order valence-electron chi connectivity index (χ3n) is 3.20. The Morgan fingerprint density at radius 2 is 1.50 bits per heavy atom. The normalized spacial score (nSPS) is 10.6. The van der Waals surface area contributed by atoms with E-state index in [0.29, 0.717) is 5.56 Å². The predicted octanol–water partition coefficient (Wildman–Crippen LogP) is 2.61. The highest BCUT2D eigenvalue weighted by Gasteiger charge is 2.18. The smallest absolute Gasteiger partial charge is 0.336 e. The molecule has 1 rings (SSSR count). The highest BCUT2D eigenvalue weighted by atomic mass is 17.1. The van der Waals surface area contributed by atoms with E-state index in [1.54, 1.807) is 13.8 Å². The molecule has 0 aromatic heterocycles. The van der Waals surface area contributed by atoms with Crippen LogP contribution < -0.4 is 0 Å². The molecule has 0 aliphatic rings. The van der Waals surface area contributed by atoms with Gasteiger partial charge in [0.25, 0.3) is 0 Å². The quantitative estimate of drug-likeness (QED) is 0.611. The third-order valence-corrected chi connectivity index (χ3v) is 3.20. The van der Waals surface area contributed by atoms with E-state index in [1.165, 1.54) is 0 Å². The Hall–Kier alpha value is -1.39. The van der Waals surface area contributed by atoms with E-state index in [1.807, 2.05) is 13.8 Å². The van der Waals surface area contributed by atoms with Gasteiger partial charge in [-0.25, -0.2) is 9.68 Å². The van der Waals surface area contributed by atoms with Gasteiger partial charge in [-0.1, -0.05) is 0 Å². The molecule has 0 aliphatic carbocycles. The molecule has 0 fully saturated rings. The summed E-state index contributed by atoms with van der Waals surface area (Å²) < 4.78 is 0. The molecule has 0 saturated carbocycles. The van der Waals surface area contributed by atoms with Crippen LogP contribution in [0.4, 0.5) is 0 Å². The first-order valence-corrected chi connectivity index (χ1v) is 5.00. The number of hydrogen-bond acceptors (Lipinski definition) is 3. The molecule has 0 amide bonds. The molecule has 0 radical (unpaired) electrons. The van der Waals surface area contributed by atoms with Crippen LogP contribution in [-0.2, 0) is 11.5 Å². The molecule has 0 spiro atoms. The van der Waals surface area contributed by atoms with Crippen LogP contribution in [0.2, 0.25) is 0 Å². The first-order chi connectivity index (χ1) is 7.41. The molecule has 0 aliphatic heterocycles. The maximum absolute atomic E-state index is 11.1. The summed E-state index contributed by atoms with van der Waals surface area (Å²) in [5.74, 6) is -0.919. The molecule has 0 atom stereocenters. The standard InChI is InChI=1S/C12H16O4/c1-6-8(3)11(12(13)14)9(4)7(2)10(6)5-16-15/h15H,5H2,1-4H3,(H,13,14). The van der Waals surface area contributed by atoms with Gasteiger partial charge in [0.15, 0.2) is 0 Å². The second kappa shape index (κ2) is 4.63. The molecular weight excluding hydrogens is 208 g/mol. The molecule has 0 saturated heterocycles. The van der Waals surface area contributed by atoms with Crippen molar-refractivity contribution in [1.29, 1.82) is 0 Å². The van der Waals surface area contributed by atoms with Gasteiger partial charge in [-0.15, -0.1) is 0 Å². The van der Waals surface area contributed by atoms with Crippen molar-refractivity contribution < 1.29 is 20.0 Å². The average Bonchev–Trinajstić information content (AvgIpc) is 2.21. The summed E-state index contributed by atoms with van der Waals surface area (Å²) in [6.45, 7) is 7.29. The number of hydrogen-bond donors (Lipinski definition) is 2. The molecule has 1 aromatic carbocycles. The van der Waals surface area contributed by atoms with Gasteiger partial charge < -0.3 is 5.11 Å². The molecule has 4 heteroatoms. The highest BCUT2D eigenvalue weighted by Crippen LogP contribution is 2.27. The number of benzene rings is 1. The first kappa shape index (κ1) is 12.7. The van der Waals surface area contributed by atoms with Crippen molar-refractivity contribution in [2.24, 2.45) is 0 Å². The maximum Gasteiger partial charge on any atom is 0.336 e. The van der Waals surface area contributed by atoms with Crippen molar-refractivity contribution in [3.63, 3.8) is 0 Å². The van der Waals surface area contributed by atoms with E-state index < -0.39 is 5.97 Å². The van der Waals surface area contributed by atoms with Crippen LogP contribution in [0.15, 0.2) is 0 Å². The van der Waals surface area contributed by atoms with Gasteiger partial charge in [0.1, 0.15) is 6.61 Å². The number of carboxylic acid groups (broad SMARTS) is 1. The maximum atomic E-state index is 11.1. The van der Waals surface area contributed by atoms with E-state index in [0.717, 1.165) is 27.8 Å². The van der Waals surface area contributed by atoms with Gasteiger partial charge in [-0.3, -0.25) is 5.26 Å². The first-order valence-electron chi connectivity index (χ1n) is 5.00. The molecule has 0 bridgehead atoms. The van der Waals surface area contributed by atoms with Crippen LogP contribution in [0.3, 0.4) is 0 Å². The summed E-state index contributed by atoms with van der Waals surface area (Å²) in [5.41, 5.74) is 4.36. The minimum atomic E-state index is -0.919. The van der Waals surface area contributed by atoms with E-state index in [9.17, 15) is 4.79 Å². The lowest BCUT2D eigenvalue weighted by atomic mass is 9.89. The van der Waals surface area contributed by atoms with Crippen LogP contribution in [0.5, 0.6) is 0 Å². The fourth-order valence-corrected chi connectivity index (χ4v) is 1.99. The van der Waals surface area contributed by atoms with Gasteiger partial charge >= 0.3 is 5.97 Å². The van der Waals surface area contributed by atoms with Crippen molar-refractivity contribution in [3.05, 3.63) is 33.4 Å². The Kier molecular flexibility index (Phi) is 3.67. The largest absolute Gasteiger partial charge is 0.478 e. The Bertz CT molecular complexity index is 406. The lowest BCUT2D eigenvalue weighted by Gasteiger charge is -2.17. The summed E-state index contributed by atoms with van der Waals surface area (Å²) >= 11 is 0. The van der Waals surface area contributed by atoms with Crippen LogP contribution >= 0.6 is 0 Å². The van der Waals surface area contributed by atoms with Crippen LogP contribution in [0, 0.1) is 27.7 Å². The van der Waals surface area contributed by atoms with Gasteiger partial charge in [0.05, 0.1) is 5.56 Å². The number of carboxylic acids is 1.